The number of nitrogens with zero attached hydrogens (tertiary/aromatic N) is 9. The standard InChI is InChI=1S/C81H45N9/c82-46-50-26-38-73-65(42-50)66-43-51(47-83)27-39-74(66)89(73)80-77(64-21-5-4-16-59(64)54-14-2-1-3-15-54)81(90-75-40-28-52(48-84)44-67(75)68-45-53(49-85)29-41-76(68)90)79(56-32-36-58(37-33-56)88-71-24-12-8-19-62(71)63-20-9-13-25-72(63)88)86-78(80)55-30-34-57(35-31-55)87-69-22-10-6-17-60(69)61-18-7-11-23-70(61)87/h1-45H. The third kappa shape index (κ3) is 7.75. The van der Waals surface area contributed by atoms with Gasteiger partial charge in [0.1, 0.15) is 0 Å². The molecule has 0 bridgehead atoms. The molecule has 17 rings (SSSR count). The van der Waals surface area contributed by atoms with Crippen molar-refractivity contribution in [2.75, 3.05) is 0 Å². The quantitative estimate of drug-likeness (QED) is 0.150. The Balaban J connectivity index is 1.07. The summed E-state index contributed by atoms with van der Waals surface area (Å²) in [7, 11) is 0. The average molecular weight is 1140 g/mol. The van der Waals surface area contributed by atoms with Crippen LogP contribution in [-0.4, -0.2) is 23.3 Å². The molecule has 414 valence electrons. The Morgan fingerprint density at radius 3 is 0.889 bits per heavy atom. The van der Waals surface area contributed by atoms with Crippen molar-refractivity contribution in [2.45, 2.75) is 0 Å². The summed E-state index contributed by atoms with van der Waals surface area (Å²) >= 11 is 0. The van der Waals surface area contributed by atoms with Gasteiger partial charge in [-0.3, -0.25) is 0 Å². The number of hydrogen-bond acceptors (Lipinski definition) is 5. The number of aromatic nitrogens is 5. The second-order valence-corrected chi connectivity index (χ2v) is 22.7. The van der Waals surface area contributed by atoms with Gasteiger partial charge in [0.2, 0.25) is 0 Å². The molecule has 12 aromatic carbocycles. The van der Waals surface area contributed by atoms with Crippen LogP contribution in [0.5, 0.6) is 0 Å². The van der Waals surface area contributed by atoms with Crippen LogP contribution in [0.1, 0.15) is 22.3 Å². The van der Waals surface area contributed by atoms with Crippen molar-refractivity contribution in [1.82, 2.24) is 23.3 Å². The van der Waals surface area contributed by atoms with E-state index in [2.05, 4.69) is 237 Å². The Kier molecular flexibility index (Phi) is 11.6. The Morgan fingerprint density at radius 1 is 0.244 bits per heavy atom. The highest BCUT2D eigenvalue weighted by atomic mass is 15.1. The second-order valence-electron chi connectivity index (χ2n) is 22.7. The molecule has 0 atom stereocenters. The molecule has 0 fully saturated rings. The fourth-order valence-electron chi connectivity index (χ4n) is 14.0. The monoisotopic (exact) mass is 1140 g/mol. The Hall–Kier alpha value is -13.1. The molecule has 0 aliphatic carbocycles. The molecule has 0 amide bonds. The zero-order chi connectivity index (χ0) is 60.1. The maximum atomic E-state index is 10.5. The van der Waals surface area contributed by atoms with Crippen molar-refractivity contribution in [2.24, 2.45) is 0 Å². The minimum atomic E-state index is 0.483. The lowest BCUT2D eigenvalue weighted by Gasteiger charge is -2.27. The average Bonchev–Trinajstić information content (AvgIpc) is 1.42. The van der Waals surface area contributed by atoms with E-state index >= 15 is 0 Å². The summed E-state index contributed by atoms with van der Waals surface area (Å²) < 4.78 is 9.20. The summed E-state index contributed by atoms with van der Waals surface area (Å²) in [6.45, 7) is 0. The minimum absolute atomic E-state index is 0.483. The molecule has 0 spiro atoms. The van der Waals surface area contributed by atoms with E-state index in [1.54, 1.807) is 0 Å². The van der Waals surface area contributed by atoms with Crippen LogP contribution in [-0.2, 0) is 0 Å². The molecular weight excluding hydrogens is 1100 g/mol. The molecule has 5 heterocycles. The van der Waals surface area contributed by atoms with Crippen LogP contribution in [0.2, 0.25) is 0 Å². The number of para-hydroxylation sites is 4. The molecule has 0 N–H and O–H groups in total. The highest BCUT2D eigenvalue weighted by Gasteiger charge is 2.32. The fraction of sp³-hybridized carbons (Fsp3) is 0. The molecule has 0 saturated carbocycles. The first-order valence-corrected chi connectivity index (χ1v) is 29.7. The normalized spacial score (nSPS) is 11.5. The van der Waals surface area contributed by atoms with Gasteiger partial charge in [-0.05, 0) is 138 Å². The van der Waals surface area contributed by atoms with Crippen molar-refractivity contribution < 1.29 is 0 Å². The Bertz CT molecular complexity index is 5490. The summed E-state index contributed by atoms with van der Waals surface area (Å²) in [5.74, 6) is 0. The van der Waals surface area contributed by atoms with E-state index in [-0.39, 0.29) is 0 Å². The van der Waals surface area contributed by atoms with Crippen LogP contribution in [0.25, 0.3) is 155 Å². The molecule has 9 nitrogen and oxygen atoms in total. The Morgan fingerprint density at radius 2 is 0.544 bits per heavy atom. The molecule has 0 unspecified atom stereocenters. The third-order valence-electron chi connectivity index (χ3n) is 17.9. The number of rotatable bonds is 8. The summed E-state index contributed by atoms with van der Waals surface area (Å²) in [5, 5.41) is 50.0. The zero-order valence-corrected chi connectivity index (χ0v) is 48.0. The molecule has 0 aliphatic heterocycles. The van der Waals surface area contributed by atoms with E-state index in [0.717, 1.165) is 143 Å². The highest BCUT2D eigenvalue weighted by molar-refractivity contribution is 6.16. The van der Waals surface area contributed by atoms with Crippen molar-refractivity contribution in [3.63, 3.8) is 0 Å². The van der Waals surface area contributed by atoms with Crippen LogP contribution in [0, 0.1) is 45.3 Å². The minimum Gasteiger partial charge on any atom is -0.309 e. The van der Waals surface area contributed by atoms with Crippen LogP contribution in [0.3, 0.4) is 0 Å². The maximum absolute atomic E-state index is 10.5. The van der Waals surface area contributed by atoms with Gasteiger partial charge in [-0.1, -0.05) is 152 Å². The predicted molar refractivity (Wildman–Crippen MR) is 362 cm³/mol. The molecule has 0 aliphatic rings. The molecule has 9 heteroatoms. The van der Waals surface area contributed by atoms with Gasteiger partial charge >= 0.3 is 0 Å². The third-order valence-corrected chi connectivity index (χ3v) is 17.9. The fourth-order valence-corrected chi connectivity index (χ4v) is 14.0. The topological polar surface area (TPSA) is 128 Å². The largest absolute Gasteiger partial charge is 0.309 e. The van der Waals surface area contributed by atoms with Crippen molar-refractivity contribution in [3.05, 3.63) is 295 Å². The lowest BCUT2D eigenvalue weighted by Crippen LogP contribution is -2.11. The Labute approximate surface area is 515 Å². The van der Waals surface area contributed by atoms with Gasteiger partial charge in [0.25, 0.3) is 0 Å². The van der Waals surface area contributed by atoms with E-state index in [9.17, 15) is 21.0 Å². The van der Waals surface area contributed by atoms with Crippen molar-refractivity contribution >= 4 is 87.2 Å². The van der Waals surface area contributed by atoms with Crippen molar-refractivity contribution in [3.8, 4) is 91.8 Å². The van der Waals surface area contributed by atoms with Crippen LogP contribution >= 0.6 is 0 Å². The molecular formula is C81H45N9. The van der Waals surface area contributed by atoms with Gasteiger partial charge in [0.05, 0.1) is 113 Å². The predicted octanol–water partition coefficient (Wildman–Crippen LogP) is 19.6. The lowest BCUT2D eigenvalue weighted by molar-refractivity contribution is 1.10. The molecule has 17 aromatic rings. The van der Waals surface area contributed by atoms with E-state index in [1.807, 2.05) is 78.9 Å². The highest BCUT2D eigenvalue weighted by Crippen LogP contribution is 2.51. The SMILES string of the molecule is N#Cc1ccc2c(c1)c1cc(C#N)ccc1n2-c1c(-c2ccc(-n3c4ccccc4c4ccccc43)cc2)nc(-c2ccc(-n3c4ccccc4c4ccccc43)cc2)c(-n2c3ccc(C#N)cc3c3cc(C#N)ccc32)c1-c1ccccc1-c1ccccc1. The summed E-state index contributed by atoms with van der Waals surface area (Å²) in [6, 6.07) is 103. The van der Waals surface area contributed by atoms with E-state index in [4.69, 9.17) is 4.98 Å². The van der Waals surface area contributed by atoms with Gasteiger partial charge in [0, 0.05) is 71.2 Å². The van der Waals surface area contributed by atoms with Gasteiger partial charge in [0.15, 0.2) is 0 Å². The van der Waals surface area contributed by atoms with Gasteiger partial charge in [-0.25, -0.2) is 4.98 Å². The van der Waals surface area contributed by atoms with Crippen LogP contribution in [0.4, 0.5) is 0 Å². The van der Waals surface area contributed by atoms with E-state index < -0.39 is 0 Å². The smallest absolute Gasteiger partial charge is 0.0991 e. The van der Waals surface area contributed by atoms with Crippen molar-refractivity contribution in [1.29, 1.82) is 21.0 Å². The number of hydrogen-bond donors (Lipinski definition) is 0. The zero-order valence-electron chi connectivity index (χ0n) is 48.0. The first-order valence-electron chi connectivity index (χ1n) is 29.7. The van der Waals surface area contributed by atoms with E-state index in [1.165, 1.54) is 0 Å². The number of benzene rings is 12. The second kappa shape index (κ2) is 20.3. The lowest BCUT2D eigenvalue weighted by atomic mass is 9.89. The molecule has 0 saturated heterocycles. The van der Waals surface area contributed by atoms with Gasteiger partial charge < -0.3 is 18.3 Å². The van der Waals surface area contributed by atoms with E-state index in [0.29, 0.717) is 33.6 Å². The van der Waals surface area contributed by atoms with Gasteiger partial charge in [-0.15, -0.1) is 0 Å². The molecule has 5 aromatic heterocycles. The summed E-state index contributed by atoms with van der Waals surface area (Å²) in [4.78, 5) is 6.20. The summed E-state index contributed by atoms with van der Waals surface area (Å²) in [6.07, 6.45) is 0. The van der Waals surface area contributed by atoms with Crippen LogP contribution < -0.4 is 0 Å². The first-order chi connectivity index (χ1) is 44.5. The number of pyridine rings is 1. The molecule has 0 radical (unpaired) electrons. The van der Waals surface area contributed by atoms with Gasteiger partial charge in [-0.2, -0.15) is 21.0 Å². The number of nitriles is 4. The maximum Gasteiger partial charge on any atom is 0.0991 e. The molecule has 90 heavy (non-hydrogen) atoms. The summed E-state index contributed by atoms with van der Waals surface area (Å²) in [5.41, 5.74) is 19.6. The number of fused-ring (bicyclic) bond motifs is 12. The first kappa shape index (κ1) is 51.4. The van der Waals surface area contributed by atoms with Crippen LogP contribution in [0.15, 0.2) is 273 Å².